The molecule has 1 fully saturated rings. The van der Waals surface area contributed by atoms with E-state index in [0.717, 1.165) is 49.5 Å². The predicted molar refractivity (Wildman–Crippen MR) is 109 cm³/mol. The van der Waals surface area contributed by atoms with Crippen molar-refractivity contribution in [3.63, 3.8) is 0 Å². The molecule has 0 radical (unpaired) electrons. The van der Waals surface area contributed by atoms with Crippen molar-refractivity contribution < 1.29 is 8.42 Å². The van der Waals surface area contributed by atoms with E-state index in [4.69, 9.17) is 0 Å². The van der Waals surface area contributed by atoms with Crippen molar-refractivity contribution in [2.45, 2.75) is 50.3 Å². The Hall–Kier alpha value is -2.08. The molecule has 4 rings (SSSR count). The summed E-state index contributed by atoms with van der Waals surface area (Å²) in [6, 6.07) is 9.18. The lowest BCUT2D eigenvalue weighted by Gasteiger charge is -2.31. The molecule has 1 aromatic heterocycles. The van der Waals surface area contributed by atoms with Crippen LogP contribution in [-0.2, 0) is 22.9 Å². The van der Waals surface area contributed by atoms with E-state index in [-0.39, 0.29) is 0 Å². The number of hydrogen-bond donors (Lipinski definition) is 1. The van der Waals surface area contributed by atoms with Gasteiger partial charge in [0, 0.05) is 13.1 Å². The highest BCUT2D eigenvalue weighted by molar-refractivity contribution is 7.92. The quantitative estimate of drug-likeness (QED) is 0.864. The van der Waals surface area contributed by atoms with E-state index in [1.807, 2.05) is 18.2 Å². The van der Waals surface area contributed by atoms with Gasteiger partial charge in [-0.2, -0.15) is 0 Å². The predicted octanol–water partition coefficient (Wildman–Crippen LogP) is 4.00. The molecule has 2 aromatic rings. The van der Waals surface area contributed by atoms with Crippen molar-refractivity contribution >= 4 is 21.5 Å². The van der Waals surface area contributed by atoms with E-state index in [2.05, 4.69) is 21.5 Å². The van der Waals surface area contributed by atoms with Gasteiger partial charge in [-0.3, -0.25) is 4.72 Å². The van der Waals surface area contributed by atoms with Gasteiger partial charge in [-0.05, 0) is 79.8 Å². The standard InChI is InChI=1S/C21H27N3O2S/c1-16-10-12-24(13-11-16)19-7-9-21(22-15-19)23-27(25,26)20-8-6-17-4-2-3-5-18(17)14-20/h6-9,14-16H,2-5,10-13H2,1H3,(H,22,23). The molecule has 0 bridgehead atoms. The smallest absolute Gasteiger partial charge is 0.263 e. The fourth-order valence-electron chi connectivity index (χ4n) is 3.97. The van der Waals surface area contributed by atoms with Crippen LogP contribution < -0.4 is 9.62 Å². The van der Waals surface area contributed by atoms with Crippen LogP contribution in [0.1, 0.15) is 43.7 Å². The average molecular weight is 386 g/mol. The second-order valence-electron chi connectivity index (χ2n) is 7.81. The van der Waals surface area contributed by atoms with Crippen molar-refractivity contribution in [1.82, 2.24) is 4.98 Å². The molecule has 0 atom stereocenters. The van der Waals surface area contributed by atoms with Crippen LogP contribution in [0.2, 0.25) is 0 Å². The molecule has 0 unspecified atom stereocenters. The Labute approximate surface area is 161 Å². The second kappa shape index (κ2) is 7.50. The highest BCUT2D eigenvalue weighted by Gasteiger charge is 2.19. The molecule has 1 aliphatic carbocycles. The lowest BCUT2D eigenvalue weighted by Crippen LogP contribution is -2.32. The molecule has 2 heterocycles. The number of pyridine rings is 1. The number of sulfonamides is 1. The number of rotatable bonds is 4. The summed E-state index contributed by atoms with van der Waals surface area (Å²) in [7, 11) is -3.62. The molecule has 1 aromatic carbocycles. The van der Waals surface area contributed by atoms with Gasteiger partial charge in [0.2, 0.25) is 0 Å². The first-order valence-electron chi connectivity index (χ1n) is 9.87. The molecule has 0 amide bonds. The summed E-state index contributed by atoms with van der Waals surface area (Å²) >= 11 is 0. The van der Waals surface area contributed by atoms with Gasteiger partial charge in [-0.1, -0.05) is 13.0 Å². The second-order valence-corrected chi connectivity index (χ2v) is 9.50. The Bertz CT molecular complexity index is 902. The Balaban J connectivity index is 1.48. The number of nitrogens with one attached hydrogen (secondary N) is 1. The van der Waals surface area contributed by atoms with Crippen LogP contribution in [0.25, 0.3) is 0 Å². The monoisotopic (exact) mass is 385 g/mol. The van der Waals surface area contributed by atoms with Gasteiger partial charge in [0.25, 0.3) is 10.0 Å². The van der Waals surface area contributed by atoms with Crippen molar-refractivity contribution in [3.05, 3.63) is 47.7 Å². The zero-order chi connectivity index (χ0) is 18.9. The Morgan fingerprint density at radius 1 is 1.04 bits per heavy atom. The summed E-state index contributed by atoms with van der Waals surface area (Å²) in [4.78, 5) is 6.97. The maximum atomic E-state index is 12.7. The van der Waals surface area contributed by atoms with E-state index >= 15 is 0 Å². The van der Waals surface area contributed by atoms with Gasteiger partial charge in [-0.15, -0.1) is 0 Å². The highest BCUT2D eigenvalue weighted by Crippen LogP contribution is 2.26. The summed E-state index contributed by atoms with van der Waals surface area (Å²) < 4.78 is 28.1. The first kappa shape index (κ1) is 18.3. The minimum absolute atomic E-state index is 0.319. The number of anilines is 2. The lowest BCUT2D eigenvalue weighted by molar-refractivity contribution is 0.438. The fraction of sp³-hybridized carbons (Fsp3) is 0.476. The number of piperidine rings is 1. The van der Waals surface area contributed by atoms with Crippen LogP contribution in [0, 0.1) is 5.92 Å². The molecule has 6 heteroatoms. The zero-order valence-corrected chi connectivity index (χ0v) is 16.6. The van der Waals surface area contributed by atoms with Crippen molar-refractivity contribution in [2.75, 3.05) is 22.7 Å². The molecular weight excluding hydrogens is 358 g/mol. The number of nitrogens with zero attached hydrogens (tertiary/aromatic N) is 2. The summed E-state index contributed by atoms with van der Waals surface area (Å²) in [5.41, 5.74) is 3.49. The molecule has 144 valence electrons. The fourth-order valence-corrected chi connectivity index (χ4v) is 5.03. The van der Waals surface area contributed by atoms with Crippen LogP contribution >= 0.6 is 0 Å². The third-order valence-electron chi connectivity index (χ3n) is 5.77. The van der Waals surface area contributed by atoms with E-state index in [0.29, 0.717) is 10.7 Å². The van der Waals surface area contributed by atoms with Crippen LogP contribution in [0.4, 0.5) is 11.5 Å². The van der Waals surface area contributed by atoms with Crippen LogP contribution in [0.3, 0.4) is 0 Å². The Kier molecular flexibility index (Phi) is 5.08. The summed E-state index contributed by atoms with van der Waals surface area (Å²) in [5, 5.41) is 0. The molecular formula is C21H27N3O2S. The number of benzene rings is 1. The normalized spacial score (nSPS) is 18.2. The summed E-state index contributed by atoms with van der Waals surface area (Å²) in [6.45, 7) is 4.35. The lowest BCUT2D eigenvalue weighted by atomic mass is 9.92. The van der Waals surface area contributed by atoms with Crippen molar-refractivity contribution in [3.8, 4) is 0 Å². The van der Waals surface area contributed by atoms with Crippen LogP contribution in [0.15, 0.2) is 41.4 Å². The highest BCUT2D eigenvalue weighted by atomic mass is 32.2. The maximum Gasteiger partial charge on any atom is 0.263 e. The van der Waals surface area contributed by atoms with Crippen molar-refractivity contribution in [1.29, 1.82) is 0 Å². The molecule has 2 aliphatic rings. The van der Waals surface area contributed by atoms with Gasteiger partial charge >= 0.3 is 0 Å². The summed E-state index contributed by atoms with van der Waals surface area (Å²) in [5.74, 6) is 1.14. The van der Waals surface area contributed by atoms with Crippen molar-refractivity contribution in [2.24, 2.45) is 5.92 Å². The third-order valence-corrected chi connectivity index (χ3v) is 7.12. The molecule has 27 heavy (non-hydrogen) atoms. The summed E-state index contributed by atoms with van der Waals surface area (Å²) in [6.07, 6.45) is 8.45. The van der Waals surface area contributed by atoms with E-state index in [9.17, 15) is 8.42 Å². The van der Waals surface area contributed by atoms with Crippen LogP contribution in [0.5, 0.6) is 0 Å². The number of aromatic nitrogens is 1. The van der Waals surface area contributed by atoms with E-state index in [1.54, 1.807) is 18.3 Å². The van der Waals surface area contributed by atoms with Gasteiger partial charge in [0.05, 0.1) is 16.8 Å². The molecule has 1 N–H and O–H groups in total. The number of fused-ring (bicyclic) bond motifs is 1. The average Bonchev–Trinajstić information content (AvgIpc) is 2.68. The molecule has 1 saturated heterocycles. The van der Waals surface area contributed by atoms with E-state index < -0.39 is 10.0 Å². The number of aryl methyl sites for hydroxylation is 2. The minimum Gasteiger partial charge on any atom is -0.370 e. The van der Waals surface area contributed by atoms with Gasteiger partial charge < -0.3 is 4.90 Å². The molecule has 0 saturated carbocycles. The third kappa shape index (κ3) is 4.10. The minimum atomic E-state index is -3.62. The first-order valence-corrected chi connectivity index (χ1v) is 11.4. The number of hydrogen-bond acceptors (Lipinski definition) is 4. The Morgan fingerprint density at radius 3 is 2.48 bits per heavy atom. The SMILES string of the molecule is CC1CCN(c2ccc(NS(=O)(=O)c3ccc4c(c3)CCCC4)nc2)CC1. The topological polar surface area (TPSA) is 62.3 Å². The van der Waals surface area contributed by atoms with Gasteiger partial charge in [0.1, 0.15) is 5.82 Å². The molecule has 1 aliphatic heterocycles. The van der Waals surface area contributed by atoms with Crippen LogP contribution in [-0.4, -0.2) is 26.5 Å². The largest absolute Gasteiger partial charge is 0.370 e. The zero-order valence-electron chi connectivity index (χ0n) is 15.8. The molecule has 5 nitrogen and oxygen atoms in total. The molecule has 0 spiro atoms. The Morgan fingerprint density at radius 2 is 1.78 bits per heavy atom. The first-order chi connectivity index (χ1) is 13.0. The van der Waals surface area contributed by atoms with E-state index in [1.165, 1.54) is 24.8 Å². The van der Waals surface area contributed by atoms with Gasteiger partial charge in [-0.25, -0.2) is 13.4 Å². The van der Waals surface area contributed by atoms with Gasteiger partial charge in [0.15, 0.2) is 0 Å². The maximum absolute atomic E-state index is 12.7.